The molecule has 2 aromatic carbocycles. The first kappa shape index (κ1) is 17.8. The van der Waals surface area contributed by atoms with Gasteiger partial charge in [0.1, 0.15) is 12.2 Å². The maximum atomic E-state index is 12.7. The molecule has 4 rings (SSSR count). The van der Waals surface area contributed by atoms with Crippen LogP contribution in [0.3, 0.4) is 0 Å². The lowest BCUT2D eigenvalue weighted by Gasteiger charge is -2.06. The minimum Gasteiger partial charge on any atom is -0.480 e. The van der Waals surface area contributed by atoms with Crippen molar-refractivity contribution in [2.75, 3.05) is 0 Å². The topological polar surface area (TPSA) is 81.1 Å². The Kier molecular flexibility index (Phi) is 4.14. The molecule has 9 heteroatoms. The molecule has 1 N–H and O–H groups in total. The molecular weight excluding hydrogens is 375 g/mol. The first-order chi connectivity index (χ1) is 13.3. The SMILES string of the molecule is O=C(O)Cn1c(-c2nc(-c3ccc(C(F)(F)F)cc3)no2)cc2ccccc21. The van der Waals surface area contributed by atoms with E-state index in [0.717, 1.165) is 17.5 Å². The van der Waals surface area contributed by atoms with Crippen LogP contribution in [0.2, 0.25) is 0 Å². The minimum atomic E-state index is -4.43. The number of alkyl halides is 3. The highest BCUT2D eigenvalue weighted by Crippen LogP contribution is 2.32. The van der Waals surface area contributed by atoms with Crippen molar-refractivity contribution in [1.82, 2.24) is 14.7 Å². The third-order valence-corrected chi connectivity index (χ3v) is 4.22. The van der Waals surface area contributed by atoms with Gasteiger partial charge in [-0.2, -0.15) is 18.2 Å². The number of para-hydroxylation sites is 1. The highest BCUT2D eigenvalue weighted by Gasteiger charge is 2.30. The third-order valence-electron chi connectivity index (χ3n) is 4.22. The molecule has 2 heterocycles. The first-order valence-electron chi connectivity index (χ1n) is 8.15. The molecule has 0 radical (unpaired) electrons. The molecule has 0 atom stereocenters. The van der Waals surface area contributed by atoms with Crippen LogP contribution in [0.5, 0.6) is 0 Å². The standard InChI is InChI=1S/C19H12F3N3O3/c20-19(21,22)13-7-5-11(6-8-13)17-23-18(28-24-17)15-9-12-3-1-2-4-14(12)25(15)10-16(26)27/h1-9H,10H2,(H,26,27). The second kappa shape index (κ2) is 6.52. The molecule has 28 heavy (non-hydrogen) atoms. The summed E-state index contributed by atoms with van der Waals surface area (Å²) in [5.74, 6) is -0.853. The van der Waals surface area contributed by atoms with Crippen molar-refractivity contribution in [1.29, 1.82) is 0 Å². The van der Waals surface area contributed by atoms with Crippen molar-refractivity contribution in [3.05, 3.63) is 60.2 Å². The average Bonchev–Trinajstić information content (AvgIpc) is 3.26. The Hall–Kier alpha value is -3.62. The lowest BCUT2D eigenvalue weighted by Crippen LogP contribution is -2.09. The van der Waals surface area contributed by atoms with Gasteiger partial charge < -0.3 is 14.2 Å². The van der Waals surface area contributed by atoms with Gasteiger partial charge >= 0.3 is 12.1 Å². The zero-order valence-corrected chi connectivity index (χ0v) is 14.1. The van der Waals surface area contributed by atoms with Crippen molar-refractivity contribution in [3.63, 3.8) is 0 Å². The molecule has 0 saturated heterocycles. The van der Waals surface area contributed by atoms with Crippen LogP contribution in [-0.4, -0.2) is 25.8 Å². The van der Waals surface area contributed by atoms with Crippen molar-refractivity contribution in [2.24, 2.45) is 0 Å². The Morgan fingerprint density at radius 3 is 2.50 bits per heavy atom. The molecule has 0 bridgehead atoms. The van der Waals surface area contributed by atoms with Crippen LogP contribution >= 0.6 is 0 Å². The number of carboxylic acids is 1. The fraction of sp³-hybridized carbons (Fsp3) is 0.105. The molecule has 2 aromatic heterocycles. The van der Waals surface area contributed by atoms with E-state index in [9.17, 15) is 23.1 Å². The fourth-order valence-corrected chi connectivity index (χ4v) is 2.95. The highest BCUT2D eigenvalue weighted by molar-refractivity contribution is 5.87. The van der Waals surface area contributed by atoms with Gasteiger partial charge in [-0.15, -0.1) is 0 Å². The van der Waals surface area contributed by atoms with Gasteiger partial charge in [0.15, 0.2) is 0 Å². The van der Waals surface area contributed by atoms with E-state index in [-0.39, 0.29) is 18.3 Å². The normalized spacial score (nSPS) is 11.8. The van der Waals surface area contributed by atoms with E-state index in [1.165, 1.54) is 16.7 Å². The summed E-state index contributed by atoms with van der Waals surface area (Å²) in [6, 6.07) is 13.3. The minimum absolute atomic E-state index is 0.0762. The second-order valence-corrected chi connectivity index (χ2v) is 6.07. The number of aliphatic carboxylic acids is 1. The molecule has 0 aliphatic rings. The summed E-state index contributed by atoms with van der Waals surface area (Å²) in [6.45, 7) is -0.305. The number of benzene rings is 2. The molecule has 142 valence electrons. The van der Waals surface area contributed by atoms with Gasteiger partial charge in [-0.3, -0.25) is 4.79 Å². The van der Waals surface area contributed by atoms with Crippen LogP contribution in [0.1, 0.15) is 5.56 Å². The number of aromatic nitrogens is 3. The smallest absolute Gasteiger partial charge is 0.416 e. The van der Waals surface area contributed by atoms with Crippen LogP contribution in [0.4, 0.5) is 13.2 Å². The molecular formula is C19H12F3N3O3. The van der Waals surface area contributed by atoms with Crippen LogP contribution < -0.4 is 0 Å². The second-order valence-electron chi connectivity index (χ2n) is 6.07. The summed E-state index contributed by atoms with van der Waals surface area (Å²) in [6.07, 6.45) is -4.43. The van der Waals surface area contributed by atoms with Gasteiger partial charge in [-0.25, -0.2) is 0 Å². The Morgan fingerprint density at radius 1 is 1.11 bits per heavy atom. The lowest BCUT2D eigenvalue weighted by molar-refractivity contribution is -0.138. The molecule has 0 saturated carbocycles. The molecule has 4 aromatic rings. The quantitative estimate of drug-likeness (QED) is 0.559. The van der Waals surface area contributed by atoms with Gasteiger partial charge in [-0.1, -0.05) is 35.5 Å². The maximum absolute atomic E-state index is 12.7. The van der Waals surface area contributed by atoms with Gasteiger partial charge in [-0.05, 0) is 24.3 Å². The zero-order chi connectivity index (χ0) is 19.9. The van der Waals surface area contributed by atoms with Crippen LogP contribution in [0.25, 0.3) is 33.9 Å². The summed E-state index contributed by atoms with van der Waals surface area (Å²) >= 11 is 0. The summed E-state index contributed by atoms with van der Waals surface area (Å²) < 4.78 is 44.9. The van der Waals surface area contributed by atoms with Crippen LogP contribution in [-0.2, 0) is 17.5 Å². The van der Waals surface area contributed by atoms with Gasteiger partial charge in [0.05, 0.1) is 5.56 Å². The number of carboxylic acid groups (broad SMARTS) is 1. The number of fused-ring (bicyclic) bond motifs is 1. The third kappa shape index (κ3) is 3.22. The summed E-state index contributed by atoms with van der Waals surface area (Å²) in [4.78, 5) is 15.5. The van der Waals surface area contributed by atoms with E-state index in [0.29, 0.717) is 16.8 Å². The zero-order valence-electron chi connectivity index (χ0n) is 14.1. The summed E-state index contributed by atoms with van der Waals surface area (Å²) in [7, 11) is 0. The summed E-state index contributed by atoms with van der Waals surface area (Å²) in [5, 5.41) is 13.8. The highest BCUT2D eigenvalue weighted by atomic mass is 19.4. The molecule has 0 aliphatic carbocycles. The fourth-order valence-electron chi connectivity index (χ4n) is 2.95. The van der Waals surface area contributed by atoms with Gasteiger partial charge in [0.2, 0.25) is 5.82 Å². The first-order valence-corrected chi connectivity index (χ1v) is 8.15. The van der Waals surface area contributed by atoms with E-state index in [4.69, 9.17) is 4.52 Å². The van der Waals surface area contributed by atoms with Gasteiger partial charge in [0, 0.05) is 16.5 Å². The predicted octanol–water partition coefficient (Wildman–Crippen LogP) is 4.46. The van der Waals surface area contributed by atoms with E-state index in [2.05, 4.69) is 10.1 Å². The number of rotatable bonds is 4. The largest absolute Gasteiger partial charge is 0.480 e. The van der Waals surface area contributed by atoms with Crippen molar-refractivity contribution < 1.29 is 27.6 Å². The Labute approximate surface area is 155 Å². The molecule has 0 fully saturated rings. The maximum Gasteiger partial charge on any atom is 0.416 e. The Morgan fingerprint density at radius 2 is 1.82 bits per heavy atom. The summed E-state index contributed by atoms with van der Waals surface area (Å²) in [5.41, 5.74) is 0.675. The van der Waals surface area contributed by atoms with Gasteiger partial charge in [0.25, 0.3) is 5.89 Å². The van der Waals surface area contributed by atoms with E-state index >= 15 is 0 Å². The molecule has 0 amide bonds. The molecule has 0 spiro atoms. The van der Waals surface area contributed by atoms with Crippen molar-refractivity contribution in [2.45, 2.75) is 12.7 Å². The lowest BCUT2D eigenvalue weighted by atomic mass is 10.1. The van der Waals surface area contributed by atoms with Crippen LogP contribution in [0, 0.1) is 0 Å². The number of hydrogen-bond acceptors (Lipinski definition) is 4. The van der Waals surface area contributed by atoms with Crippen molar-refractivity contribution in [3.8, 4) is 23.0 Å². The molecule has 0 unspecified atom stereocenters. The monoisotopic (exact) mass is 387 g/mol. The Balaban J connectivity index is 1.74. The van der Waals surface area contributed by atoms with E-state index < -0.39 is 17.7 Å². The van der Waals surface area contributed by atoms with Crippen LogP contribution in [0.15, 0.2) is 59.1 Å². The molecule has 6 nitrogen and oxygen atoms in total. The number of nitrogens with zero attached hydrogens (tertiary/aromatic N) is 3. The Bertz CT molecular complexity index is 1160. The number of halogens is 3. The average molecular weight is 387 g/mol. The number of hydrogen-bond donors (Lipinski definition) is 1. The van der Waals surface area contributed by atoms with E-state index in [1.54, 1.807) is 18.2 Å². The predicted molar refractivity (Wildman–Crippen MR) is 93.3 cm³/mol. The molecule has 0 aliphatic heterocycles. The van der Waals surface area contributed by atoms with Crippen molar-refractivity contribution >= 4 is 16.9 Å². The number of carbonyl (C=O) groups is 1. The van der Waals surface area contributed by atoms with E-state index in [1.807, 2.05) is 12.1 Å².